The lowest BCUT2D eigenvalue weighted by Crippen LogP contribution is -2.44. The highest BCUT2D eigenvalue weighted by molar-refractivity contribution is 5.13. The van der Waals surface area contributed by atoms with Gasteiger partial charge in [-0.3, -0.25) is 0 Å². The third kappa shape index (κ3) is 5.04. The van der Waals surface area contributed by atoms with Crippen LogP contribution in [-0.2, 0) is 11.3 Å². The molecule has 4 atom stereocenters. The van der Waals surface area contributed by atoms with Crippen molar-refractivity contribution in [1.82, 2.24) is 0 Å². The van der Waals surface area contributed by atoms with Crippen LogP contribution in [0.25, 0.3) is 0 Å². The van der Waals surface area contributed by atoms with E-state index in [1.807, 2.05) is 30.3 Å². The molecule has 0 heterocycles. The summed E-state index contributed by atoms with van der Waals surface area (Å²) >= 11 is 0. The molecule has 2 aliphatic rings. The van der Waals surface area contributed by atoms with Crippen LogP contribution in [0.15, 0.2) is 30.3 Å². The second-order valence-electron chi connectivity index (χ2n) is 8.41. The molecule has 0 amide bonds. The van der Waals surface area contributed by atoms with Gasteiger partial charge in [0.2, 0.25) is 0 Å². The van der Waals surface area contributed by atoms with Crippen molar-refractivity contribution in [2.45, 2.75) is 70.3 Å². The van der Waals surface area contributed by atoms with Crippen molar-refractivity contribution >= 4 is 0 Å². The third-order valence-electron chi connectivity index (χ3n) is 6.63. The number of hydrogen-bond acceptors (Lipinski definition) is 1. The van der Waals surface area contributed by atoms with Crippen LogP contribution in [0.3, 0.4) is 0 Å². The fourth-order valence-electron chi connectivity index (χ4n) is 4.90. The topological polar surface area (TPSA) is 9.23 Å². The molecular weight excluding hydrogens is 356 g/mol. The Morgan fingerprint density at radius 1 is 0.852 bits per heavy atom. The van der Waals surface area contributed by atoms with Gasteiger partial charge >= 0.3 is 0 Å². The molecule has 0 aliphatic heterocycles. The lowest BCUT2D eigenvalue weighted by molar-refractivity contribution is -0.152. The minimum atomic E-state index is -2.84. The Bertz CT molecular complexity index is 589. The van der Waals surface area contributed by atoms with Gasteiger partial charge < -0.3 is 4.74 Å². The van der Waals surface area contributed by atoms with E-state index in [4.69, 9.17) is 4.74 Å². The van der Waals surface area contributed by atoms with E-state index in [1.165, 1.54) is 0 Å². The molecular formula is C22H30F4O. The van der Waals surface area contributed by atoms with E-state index < -0.39 is 23.7 Å². The van der Waals surface area contributed by atoms with Gasteiger partial charge in [-0.25, -0.2) is 17.6 Å². The van der Waals surface area contributed by atoms with Gasteiger partial charge in [0.15, 0.2) is 0 Å². The van der Waals surface area contributed by atoms with Gasteiger partial charge in [-0.2, -0.15) is 0 Å². The monoisotopic (exact) mass is 386 g/mol. The minimum Gasteiger partial charge on any atom is -0.376 e. The molecule has 0 unspecified atom stereocenters. The molecule has 0 radical (unpaired) electrons. The van der Waals surface area contributed by atoms with Gasteiger partial charge in [0.1, 0.15) is 0 Å². The van der Waals surface area contributed by atoms with Crippen LogP contribution in [0.2, 0.25) is 0 Å². The lowest BCUT2D eigenvalue weighted by Gasteiger charge is -2.43. The van der Waals surface area contributed by atoms with E-state index in [-0.39, 0.29) is 31.3 Å². The predicted octanol–water partition coefficient (Wildman–Crippen LogP) is 6.72. The van der Waals surface area contributed by atoms with Gasteiger partial charge in [0, 0.05) is 24.7 Å². The summed E-state index contributed by atoms with van der Waals surface area (Å²) in [5.41, 5.74) is 0.962. The van der Waals surface area contributed by atoms with Crippen LogP contribution < -0.4 is 0 Å². The predicted molar refractivity (Wildman–Crippen MR) is 97.9 cm³/mol. The normalized spacial score (nSPS) is 32.9. The Morgan fingerprint density at radius 2 is 1.41 bits per heavy atom. The Balaban J connectivity index is 1.51. The molecule has 2 aliphatic carbocycles. The molecule has 152 valence electrons. The van der Waals surface area contributed by atoms with Gasteiger partial charge in [0.25, 0.3) is 11.8 Å². The highest BCUT2D eigenvalue weighted by Crippen LogP contribution is 2.51. The zero-order valence-corrected chi connectivity index (χ0v) is 16.0. The van der Waals surface area contributed by atoms with Crippen molar-refractivity contribution in [3.63, 3.8) is 0 Å². The number of ether oxygens (including phenoxy) is 1. The van der Waals surface area contributed by atoms with Crippen molar-refractivity contribution in [3.8, 4) is 0 Å². The molecule has 0 spiro atoms. The summed E-state index contributed by atoms with van der Waals surface area (Å²) in [6.45, 7) is 2.13. The first kappa shape index (κ1) is 20.6. The second kappa shape index (κ2) is 8.50. The Labute approximate surface area is 159 Å². The van der Waals surface area contributed by atoms with Crippen LogP contribution >= 0.6 is 0 Å². The maximum Gasteiger partial charge on any atom is 0.253 e. The van der Waals surface area contributed by atoms with Crippen LogP contribution in [0.1, 0.15) is 57.4 Å². The Kier molecular flexibility index (Phi) is 6.50. The summed E-state index contributed by atoms with van der Waals surface area (Å²) < 4.78 is 63.4. The summed E-state index contributed by atoms with van der Waals surface area (Å²) in [6.07, 6.45) is 2.04. The average Bonchev–Trinajstić information content (AvgIpc) is 2.62. The van der Waals surface area contributed by atoms with E-state index in [2.05, 4.69) is 0 Å². The van der Waals surface area contributed by atoms with Crippen molar-refractivity contribution < 1.29 is 22.3 Å². The maximum absolute atomic E-state index is 14.7. The van der Waals surface area contributed by atoms with Gasteiger partial charge in [-0.15, -0.1) is 0 Å². The summed E-state index contributed by atoms with van der Waals surface area (Å²) in [5, 5.41) is 0. The minimum absolute atomic E-state index is 0.0212. The van der Waals surface area contributed by atoms with E-state index in [1.54, 1.807) is 6.92 Å². The highest BCUT2D eigenvalue weighted by atomic mass is 19.3. The molecule has 27 heavy (non-hydrogen) atoms. The van der Waals surface area contributed by atoms with E-state index in [0.717, 1.165) is 5.56 Å². The summed E-state index contributed by atoms with van der Waals surface area (Å²) in [7, 11) is 0. The first-order valence-electron chi connectivity index (χ1n) is 10.2. The van der Waals surface area contributed by atoms with E-state index in [0.29, 0.717) is 38.7 Å². The smallest absolute Gasteiger partial charge is 0.253 e. The van der Waals surface area contributed by atoms with Crippen LogP contribution in [0.4, 0.5) is 17.6 Å². The first-order valence-corrected chi connectivity index (χ1v) is 10.2. The van der Waals surface area contributed by atoms with Crippen molar-refractivity contribution in [2.75, 3.05) is 6.61 Å². The number of halogens is 4. The molecule has 2 saturated carbocycles. The molecule has 5 heteroatoms. The largest absolute Gasteiger partial charge is 0.376 e. The van der Waals surface area contributed by atoms with E-state index >= 15 is 0 Å². The molecule has 0 saturated heterocycles. The van der Waals surface area contributed by atoms with Gasteiger partial charge in [0.05, 0.1) is 13.2 Å². The molecule has 0 bridgehead atoms. The molecule has 0 aromatic heterocycles. The third-order valence-corrected chi connectivity index (χ3v) is 6.63. The average molecular weight is 386 g/mol. The zero-order valence-electron chi connectivity index (χ0n) is 16.0. The fraction of sp³-hybridized carbons (Fsp3) is 0.727. The molecule has 0 N–H and O–H groups in total. The van der Waals surface area contributed by atoms with Crippen molar-refractivity contribution in [1.29, 1.82) is 0 Å². The van der Waals surface area contributed by atoms with Crippen LogP contribution in [-0.4, -0.2) is 18.5 Å². The Hall–Kier alpha value is -1.10. The number of hydrogen-bond donors (Lipinski definition) is 0. The highest BCUT2D eigenvalue weighted by Gasteiger charge is 2.51. The standard InChI is InChI=1S/C22H30F4O/c1-2-19-10-8-17(12-21(19,23)24)18-9-11-20(22(25,26)13-18)15-27-14-16-6-4-3-5-7-16/h3-7,17-20H,2,8-15H2,1H3/t17-,18-,19-,20+/m0/s1. The molecule has 3 rings (SSSR count). The SMILES string of the molecule is CC[C@H]1CC[C@H]([C@H]2CC[C@H](COCc3ccccc3)C(F)(F)C2)CC1(F)F. The molecule has 1 aromatic carbocycles. The number of rotatable bonds is 6. The quantitative estimate of drug-likeness (QED) is 0.493. The van der Waals surface area contributed by atoms with E-state index in [9.17, 15) is 17.6 Å². The number of benzene rings is 1. The summed E-state index contributed by atoms with van der Waals surface area (Å²) in [6, 6.07) is 9.49. The molecule has 2 fully saturated rings. The van der Waals surface area contributed by atoms with Gasteiger partial charge in [-0.05, 0) is 49.5 Å². The Morgan fingerprint density at radius 3 is 1.93 bits per heavy atom. The van der Waals surface area contributed by atoms with Crippen LogP contribution in [0.5, 0.6) is 0 Å². The lowest BCUT2D eigenvalue weighted by atomic mass is 9.66. The first-order chi connectivity index (χ1) is 12.8. The molecule has 1 nitrogen and oxygen atoms in total. The summed E-state index contributed by atoms with van der Waals surface area (Å²) in [5.74, 6) is -7.52. The van der Waals surface area contributed by atoms with Crippen LogP contribution in [0, 0.1) is 23.7 Å². The van der Waals surface area contributed by atoms with Crippen molar-refractivity contribution in [3.05, 3.63) is 35.9 Å². The second-order valence-corrected chi connectivity index (χ2v) is 8.41. The van der Waals surface area contributed by atoms with Crippen molar-refractivity contribution in [2.24, 2.45) is 23.7 Å². The zero-order chi connectivity index (χ0) is 19.5. The number of alkyl halides is 4. The maximum atomic E-state index is 14.7. The summed E-state index contributed by atoms with van der Waals surface area (Å²) in [4.78, 5) is 0. The molecule has 1 aromatic rings. The fourth-order valence-corrected chi connectivity index (χ4v) is 4.90. The van der Waals surface area contributed by atoms with Gasteiger partial charge in [-0.1, -0.05) is 37.3 Å².